The van der Waals surface area contributed by atoms with Crippen LogP contribution < -0.4 is 5.56 Å². The standard InChI is InChI=1S/C12H12N2O2S/c1-8-10(4-7-16-8)17-11-12(15)14(6-5-13-11)9-2-3-9/h4-7,9H,2-3H2,1H3. The zero-order valence-corrected chi connectivity index (χ0v) is 10.2. The van der Waals surface area contributed by atoms with Crippen molar-refractivity contribution >= 4 is 11.8 Å². The molecule has 4 nitrogen and oxygen atoms in total. The second kappa shape index (κ2) is 4.07. The molecule has 88 valence electrons. The van der Waals surface area contributed by atoms with Crippen LogP contribution in [0.15, 0.2) is 43.9 Å². The summed E-state index contributed by atoms with van der Waals surface area (Å²) in [5.74, 6) is 0.818. The smallest absolute Gasteiger partial charge is 0.283 e. The predicted octanol–water partition coefficient (Wildman–Crippen LogP) is 2.63. The van der Waals surface area contributed by atoms with Crippen molar-refractivity contribution in [1.29, 1.82) is 0 Å². The van der Waals surface area contributed by atoms with Crippen LogP contribution in [0.1, 0.15) is 24.6 Å². The first-order chi connectivity index (χ1) is 8.25. The molecule has 1 aliphatic rings. The average Bonchev–Trinajstić information content (AvgIpc) is 3.08. The Morgan fingerprint density at radius 1 is 1.53 bits per heavy atom. The van der Waals surface area contributed by atoms with E-state index in [1.807, 2.05) is 13.0 Å². The van der Waals surface area contributed by atoms with Crippen LogP contribution in [0.4, 0.5) is 0 Å². The fourth-order valence-corrected chi connectivity index (χ4v) is 2.53. The third-order valence-electron chi connectivity index (χ3n) is 2.79. The molecule has 2 heterocycles. The Labute approximate surface area is 103 Å². The molecule has 0 amide bonds. The Bertz CT molecular complexity index is 599. The van der Waals surface area contributed by atoms with Gasteiger partial charge in [-0.15, -0.1) is 0 Å². The fraction of sp³-hybridized carbons (Fsp3) is 0.333. The maximum absolute atomic E-state index is 12.1. The highest BCUT2D eigenvalue weighted by molar-refractivity contribution is 7.99. The summed E-state index contributed by atoms with van der Waals surface area (Å²) >= 11 is 1.37. The molecule has 1 fully saturated rings. The van der Waals surface area contributed by atoms with E-state index in [-0.39, 0.29) is 5.56 Å². The molecular formula is C12H12N2O2S. The van der Waals surface area contributed by atoms with Crippen molar-refractivity contribution in [2.75, 3.05) is 0 Å². The fourth-order valence-electron chi connectivity index (χ4n) is 1.70. The van der Waals surface area contributed by atoms with Crippen molar-refractivity contribution in [3.63, 3.8) is 0 Å². The first-order valence-electron chi connectivity index (χ1n) is 5.55. The van der Waals surface area contributed by atoms with Gasteiger partial charge in [0.05, 0.1) is 11.2 Å². The molecule has 0 unspecified atom stereocenters. The second-order valence-corrected chi connectivity index (χ2v) is 5.15. The monoisotopic (exact) mass is 248 g/mol. The van der Waals surface area contributed by atoms with Crippen LogP contribution in [-0.4, -0.2) is 9.55 Å². The summed E-state index contributed by atoms with van der Waals surface area (Å²) in [6.45, 7) is 1.88. The van der Waals surface area contributed by atoms with Gasteiger partial charge in [-0.05, 0) is 25.8 Å². The number of aryl methyl sites for hydroxylation is 1. The molecule has 0 saturated heterocycles. The molecule has 2 aromatic rings. The summed E-state index contributed by atoms with van der Waals surface area (Å²) in [5, 5.41) is 0.518. The SMILES string of the molecule is Cc1occc1Sc1nccn(C2CC2)c1=O. The minimum absolute atomic E-state index is 0.000556. The van der Waals surface area contributed by atoms with Gasteiger partial charge in [-0.2, -0.15) is 0 Å². The zero-order chi connectivity index (χ0) is 11.8. The van der Waals surface area contributed by atoms with E-state index in [0.717, 1.165) is 23.5 Å². The Hall–Kier alpha value is -1.49. The molecule has 0 spiro atoms. The third-order valence-corrected chi connectivity index (χ3v) is 3.91. The first kappa shape index (κ1) is 10.7. The molecule has 0 aliphatic heterocycles. The molecule has 0 aromatic carbocycles. The summed E-state index contributed by atoms with van der Waals surface area (Å²) in [7, 11) is 0. The lowest BCUT2D eigenvalue weighted by atomic mass is 10.5. The number of hydrogen-bond donors (Lipinski definition) is 0. The lowest BCUT2D eigenvalue weighted by Crippen LogP contribution is -2.20. The molecule has 1 aliphatic carbocycles. The Morgan fingerprint density at radius 3 is 3.00 bits per heavy atom. The molecule has 0 radical (unpaired) electrons. The minimum Gasteiger partial charge on any atom is -0.468 e. The van der Waals surface area contributed by atoms with Crippen LogP contribution in [0.2, 0.25) is 0 Å². The van der Waals surface area contributed by atoms with Crippen molar-refractivity contribution in [1.82, 2.24) is 9.55 Å². The molecule has 5 heteroatoms. The first-order valence-corrected chi connectivity index (χ1v) is 6.36. The highest BCUT2D eigenvalue weighted by atomic mass is 32.2. The Kier molecular flexibility index (Phi) is 2.55. The van der Waals surface area contributed by atoms with Crippen molar-refractivity contribution in [3.8, 4) is 0 Å². The van der Waals surface area contributed by atoms with Gasteiger partial charge in [0.1, 0.15) is 5.76 Å². The summed E-state index contributed by atoms with van der Waals surface area (Å²) < 4.78 is 6.99. The van der Waals surface area contributed by atoms with Crippen LogP contribution in [0.3, 0.4) is 0 Å². The zero-order valence-electron chi connectivity index (χ0n) is 9.42. The van der Waals surface area contributed by atoms with Gasteiger partial charge >= 0.3 is 0 Å². The van der Waals surface area contributed by atoms with Gasteiger partial charge in [0, 0.05) is 18.4 Å². The van der Waals surface area contributed by atoms with Crippen molar-refractivity contribution < 1.29 is 4.42 Å². The highest BCUT2D eigenvalue weighted by Crippen LogP contribution is 2.34. The molecule has 0 N–H and O–H groups in total. The summed E-state index contributed by atoms with van der Waals surface area (Å²) in [5.41, 5.74) is 0.000556. The lowest BCUT2D eigenvalue weighted by Gasteiger charge is -2.04. The number of furan rings is 1. The van der Waals surface area contributed by atoms with Gasteiger partial charge < -0.3 is 8.98 Å². The van der Waals surface area contributed by atoms with Gasteiger partial charge in [-0.25, -0.2) is 4.98 Å². The van der Waals surface area contributed by atoms with Crippen LogP contribution >= 0.6 is 11.8 Å². The van der Waals surface area contributed by atoms with Gasteiger partial charge in [0.2, 0.25) is 0 Å². The number of hydrogen-bond acceptors (Lipinski definition) is 4. The summed E-state index contributed by atoms with van der Waals surface area (Å²) in [4.78, 5) is 17.2. The summed E-state index contributed by atoms with van der Waals surface area (Å²) in [6, 6.07) is 2.24. The van der Waals surface area contributed by atoms with E-state index in [0.29, 0.717) is 11.1 Å². The van der Waals surface area contributed by atoms with Crippen molar-refractivity contribution in [2.45, 2.75) is 35.7 Å². The summed E-state index contributed by atoms with van der Waals surface area (Å²) in [6.07, 6.45) is 7.28. The lowest BCUT2D eigenvalue weighted by molar-refractivity contribution is 0.527. The van der Waals surface area contributed by atoms with Gasteiger partial charge in [0.25, 0.3) is 5.56 Å². The number of aromatic nitrogens is 2. The molecule has 0 atom stereocenters. The van der Waals surface area contributed by atoms with Gasteiger partial charge in [0.15, 0.2) is 5.03 Å². The van der Waals surface area contributed by atoms with Crippen molar-refractivity contribution in [3.05, 3.63) is 40.8 Å². The number of nitrogens with zero attached hydrogens (tertiary/aromatic N) is 2. The average molecular weight is 248 g/mol. The van der Waals surface area contributed by atoms with E-state index in [9.17, 15) is 4.79 Å². The normalized spacial score (nSPS) is 15.1. The van der Waals surface area contributed by atoms with E-state index in [1.165, 1.54) is 11.8 Å². The molecular weight excluding hydrogens is 236 g/mol. The molecule has 2 aromatic heterocycles. The molecule has 3 rings (SSSR count). The number of rotatable bonds is 3. The van der Waals surface area contributed by atoms with Crippen LogP contribution in [0, 0.1) is 6.92 Å². The quantitative estimate of drug-likeness (QED) is 0.837. The maximum Gasteiger partial charge on any atom is 0.283 e. The third kappa shape index (κ3) is 2.02. The van der Waals surface area contributed by atoms with Gasteiger partial charge in [-0.1, -0.05) is 11.8 Å². The topological polar surface area (TPSA) is 48.0 Å². The minimum atomic E-state index is 0.000556. The van der Waals surface area contributed by atoms with Crippen LogP contribution in [0.5, 0.6) is 0 Å². The highest BCUT2D eigenvalue weighted by Gasteiger charge is 2.25. The molecule has 1 saturated carbocycles. The van der Waals surface area contributed by atoms with Crippen molar-refractivity contribution in [2.24, 2.45) is 0 Å². The Morgan fingerprint density at radius 2 is 2.35 bits per heavy atom. The van der Waals surface area contributed by atoms with Crippen LogP contribution in [-0.2, 0) is 0 Å². The van der Waals surface area contributed by atoms with Crippen LogP contribution in [0.25, 0.3) is 0 Å². The van der Waals surface area contributed by atoms with E-state index in [4.69, 9.17) is 4.42 Å². The Balaban J connectivity index is 1.96. The van der Waals surface area contributed by atoms with E-state index in [1.54, 1.807) is 23.2 Å². The van der Waals surface area contributed by atoms with E-state index < -0.39 is 0 Å². The molecule has 17 heavy (non-hydrogen) atoms. The van der Waals surface area contributed by atoms with Gasteiger partial charge in [-0.3, -0.25) is 4.79 Å². The largest absolute Gasteiger partial charge is 0.468 e. The van der Waals surface area contributed by atoms with E-state index in [2.05, 4.69) is 4.98 Å². The molecule has 0 bridgehead atoms. The predicted molar refractivity (Wildman–Crippen MR) is 64.3 cm³/mol. The maximum atomic E-state index is 12.1. The second-order valence-electron chi connectivity index (χ2n) is 4.12. The van der Waals surface area contributed by atoms with E-state index >= 15 is 0 Å².